The highest BCUT2D eigenvalue weighted by Crippen LogP contribution is 2.31. The summed E-state index contributed by atoms with van der Waals surface area (Å²) in [5.74, 6) is 0.964. The van der Waals surface area contributed by atoms with Crippen LogP contribution in [0.15, 0.2) is 29.1 Å². The summed E-state index contributed by atoms with van der Waals surface area (Å²) in [6.45, 7) is 8.20. The number of hydrogen-bond acceptors (Lipinski definition) is 5. The molecule has 0 aliphatic carbocycles. The first-order chi connectivity index (χ1) is 12.1. The number of piperazine rings is 1. The molecule has 2 aromatic heterocycles. The van der Waals surface area contributed by atoms with Crippen LogP contribution in [0.3, 0.4) is 0 Å². The van der Waals surface area contributed by atoms with Gasteiger partial charge < -0.3 is 9.80 Å². The third kappa shape index (κ3) is 2.76. The van der Waals surface area contributed by atoms with Crippen LogP contribution in [0.4, 0.5) is 11.5 Å². The summed E-state index contributed by atoms with van der Waals surface area (Å²) in [6, 6.07) is 6.54. The van der Waals surface area contributed by atoms with Gasteiger partial charge in [-0.2, -0.15) is 5.10 Å². The van der Waals surface area contributed by atoms with Crippen molar-refractivity contribution in [1.82, 2.24) is 19.7 Å². The maximum atomic E-state index is 4.55. The van der Waals surface area contributed by atoms with E-state index in [4.69, 9.17) is 0 Å². The van der Waals surface area contributed by atoms with E-state index >= 15 is 0 Å². The van der Waals surface area contributed by atoms with Gasteiger partial charge in [0.1, 0.15) is 16.7 Å². The van der Waals surface area contributed by atoms with Gasteiger partial charge in [0.05, 0.1) is 5.39 Å². The Morgan fingerprint density at radius 3 is 2.48 bits per heavy atom. The minimum atomic E-state index is 0.803. The van der Waals surface area contributed by atoms with Gasteiger partial charge in [0.15, 0.2) is 5.65 Å². The molecule has 0 unspecified atom stereocenters. The summed E-state index contributed by atoms with van der Waals surface area (Å²) >= 11 is 3.55. The molecule has 7 heteroatoms. The van der Waals surface area contributed by atoms with Crippen LogP contribution in [0.2, 0.25) is 0 Å². The summed E-state index contributed by atoms with van der Waals surface area (Å²) in [5.41, 5.74) is 4.91. The van der Waals surface area contributed by atoms with E-state index in [0.717, 1.165) is 47.6 Å². The number of anilines is 2. The molecule has 130 valence electrons. The Labute approximate surface area is 155 Å². The van der Waals surface area contributed by atoms with Crippen molar-refractivity contribution in [2.45, 2.75) is 13.8 Å². The van der Waals surface area contributed by atoms with Gasteiger partial charge in [-0.3, -0.25) is 0 Å². The van der Waals surface area contributed by atoms with Gasteiger partial charge in [0, 0.05) is 38.9 Å². The molecule has 0 spiro atoms. The van der Waals surface area contributed by atoms with E-state index in [2.05, 4.69) is 72.8 Å². The topological polar surface area (TPSA) is 50.1 Å². The molecule has 1 fully saturated rings. The molecule has 1 saturated heterocycles. The van der Waals surface area contributed by atoms with E-state index in [1.807, 2.05) is 7.05 Å². The zero-order valence-corrected chi connectivity index (χ0v) is 16.3. The molecular weight excluding hydrogens is 380 g/mol. The van der Waals surface area contributed by atoms with Crippen molar-refractivity contribution in [2.75, 3.05) is 36.0 Å². The number of aromatic nitrogens is 4. The van der Waals surface area contributed by atoms with Gasteiger partial charge in [0.2, 0.25) is 0 Å². The number of halogens is 1. The first-order valence-corrected chi connectivity index (χ1v) is 9.25. The maximum Gasteiger partial charge on any atom is 0.164 e. The molecule has 0 amide bonds. The van der Waals surface area contributed by atoms with Crippen LogP contribution < -0.4 is 9.80 Å². The Kier molecular flexibility index (Phi) is 4.11. The molecule has 1 aliphatic rings. The molecule has 6 nitrogen and oxygen atoms in total. The van der Waals surface area contributed by atoms with E-state index in [9.17, 15) is 0 Å². The van der Waals surface area contributed by atoms with Gasteiger partial charge in [0.25, 0.3) is 0 Å². The second kappa shape index (κ2) is 6.29. The zero-order chi connectivity index (χ0) is 17.6. The number of fused-ring (bicyclic) bond motifs is 1. The molecule has 0 atom stereocenters. The highest BCUT2D eigenvalue weighted by Gasteiger charge is 2.23. The molecule has 0 saturated carbocycles. The fourth-order valence-electron chi connectivity index (χ4n) is 3.50. The van der Waals surface area contributed by atoms with Crippen LogP contribution in [0.1, 0.15) is 11.1 Å². The lowest BCUT2D eigenvalue weighted by molar-refractivity contribution is 0.647. The number of aryl methyl sites for hydroxylation is 2. The molecule has 3 heterocycles. The molecule has 1 aromatic carbocycles. The number of hydrogen-bond donors (Lipinski definition) is 0. The quantitative estimate of drug-likeness (QED) is 0.661. The number of rotatable bonds is 2. The fraction of sp³-hybridized carbons (Fsp3) is 0.389. The van der Waals surface area contributed by atoms with Crippen LogP contribution in [0, 0.1) is 13.8 Å². The van der Waals surface area contributed by atoms with E-state index in [0.29, 0.717) is 0 Å². The largest absolute Gasteiger partial charge is 0.368 e. The van der Waals surface area contributed by atoms with Crippen molar-refractivity contribution < 1.29 is 0 Å². The van der Waals surface area contributed by atoms with Gasteiger partial charge in [-0.05, 0) is 47.0 Å². The first kappa shape index (κ1) is 16.3. The van der Waals surface area contributed by atoms with E-state index in [1.165, 1.54) is 16.8 Å². The van der Waals surface area contributed by atoms with E-state index < -0.39 is 0 Å². The Morgan fingerprint density at radius 2 is 1.72 bits per heavy atom. The number of benzene rings is 1. The third-order valence-corrected chi connectivity index (χ3v) is 5.61. The average molecular weight is 401 g/mol. The minimum absolute atomic E-state index is 0.803. The molecule has 25 heavy (non-hydrogen) atoms. The zero-order valence-electron chi connectivity index (χ0n) is 14.7. The Hall–Kier alpha value is -2.15. The van der Waals surface area contributed by atoms with Crippen molar-refractivity contribution in [2.24, 2.45) is 7.05 Å². The number of nitrogens with zero attached hydrogens (tertiary/aromatic N) is 6. The van der Waals surface area contributed by atoms with Crippen LogP contribution in [0.5, 0.6) is 0 Å². The fourth-order valence-corrected chi connectivity index (χ4v) is 4.10. The second-order valence-corrected chi connectivity index (χ2v) is 7.25. The third-order valence-electron chi connectivity index (χ3n) is 5.05. The van der Waals surface area contributed by atoms with Crippen LogP contribution >= 0.6 is 15.9 Å². The molecular formula is C18H21BrN6. The smallest absolute Gasteiger partial charge is 0.164 e. The molecule has 0 bridgehead atoms. The predicted molar refractivity (Wildman–Crippen MR) is 104 cm³/mol. The summed E-state index contributed by atoms with van der Waals surface area (Å²) in [7, 11) is 1.91. The monoisotopic (exact) mass is 400 g/mol. The van der Waals surface area contributed by atoms with Crippen molar-refractivity contribution in [3.05, 3.63) is 40.3 Å². The standard InChI is InChI=1S/C18H21BrN6/c1-12-5-4-6-14(13(12)2)24-7-9-25(10-8-24)18-15-16(19)22-23(3)17(15)20-11-21-18/h4-6,11H,7-10H2,1-3H3. The maximum absolute atomic E-state index is 4.55. The van der Waals surface area contributed by atoms with Gasteiger partial charge in [-0.15, -0.1) is 0 Å². The van der Waals surface area contributed by atoms with E-state index in [-0.39, 0.29) is 0 Å². The minimum Gasteiger partial charge on any atom is -0.368 e. The lowest BCUT2D eigenvalue weighted by Gasteiger charge is -2.37. The molecule has 0 radical (unpaired) electrons. The normalized spacial score (nSPS) is 15.2. The van der Waals surface area contributed by atoms with Crippen molar-refractivity contribution >= 4 is 38.5 Å². The molecule has 1 aliphatic heterocycles. The van der Waals surface area contributed by atoms with Gasteiger partial charge in [-0.1, -0.05) is 12.1 Å². The lowest BCUT2D eigenvalue weighted by Crippen LogP contribution is -2.47. The Bertz CT molecular complexity index is 927. The summed E-state index contributed by atoms with van der Waals surface area (Å²) in [4.78, 5) is 13.7. The van der Waals surface area contributed by atoms with Crippen molar-refractivity contribution in [1.29, 1.82) is 0 Å². The summed E-state index contributed by atoms with van der Waals surface area (Å²) < 4.78 is 2.59. The lowest BCUT2D eigenvalue weighted by atomic mass is 10.1. The van der Waals surface area contributed by atoms with Gasteiger partial charge in [-0.25, -0.2) is 14.6 Å². The Balaban J connectivity index is 1.60. The highest BCUT2D eigenvalue weighted by atomic mass is 79.9. The van der Waals surface area contributed by atoms with Crippen LogP contribution in [-0.4, -0.2) is 45.9 Å². The second-order valence-electron chi connectivity index (χ2n) is 6.50. The van der Waals surface area contributed by atoms with Crippen LogP contribution in [-0.2, 0) is 7.05 Å². The van der Waals surface area contributed by atoms with E-state index in [1.54, 1.807) is 11.0 Å². The molecule has 3 aromatic rings. The molecule has 4 rings (SSSR count). The first-order valence-electron chi connectivity index (χ1n) is 8.45. The summed E-state index contributed by atoms with van der Waals surface area (Å²) in [5, 5.41) is 5.41. The van der Waals surface area contributed by atoms with Crippen LogP contribution in [0.25, 0.3) is 11.0 Å². The molecule has 0 N–H and O–H groups in total. The average Bonchev–Trinajstić information content (AvgIpc) is 2.92. The highest BCUT2D eigenvalue weighted by molar-refractivity contribution is 9.10. The van der Waals surface area contributed by atoms with Crippen molar-refractivity contribution in [3.8, 4) is 0 Å². The predicted octanol–water partition coefficient (Wildman–Crippen LogP) is 3.07. The summed E-state index contributed by atoms with van der Waals surface area (Å²) in [6.07, 6.45) is 1.63. The van der Waals surface area contributed by atoms with Crippen molar-refractivity contribution in [3.63, 3.8) is 0 Å². The SMILES string of the molecule is Cc1cccc(N2CCN(c3ncnc4c3c(Br)nn4C)CC2)c1C. The van der Waals surface area contributed by atoms with Gasteiger partial charge >= 0.3 is 0 Å². The Morgan fingerprint density at radius 1 is 1.00 bits per heavy atom.